The van der Waals surface area contributed by atoms with Gasteiger partial charge in [-0.1, -0.05) is 34.1 Å². The van der Waals surface area contributed by atoms with E-state index in [9.17, 15) is 29.1 Å². The van der Waals surface area contributed by atoms with Gasteiger partial charge in [0.2, 0.25) is 17.7 Å². The van der Waals surface area contributed by atoms with E-state index in [0.29, 0.717) is 25.8 Å². The SMILES string of the molecule is CC[C@H](C)[C@H](NC(=O)[C@]1(C(=O)CC(CC(C)C)NC(=O)[C@@H](N)CC(N)=O)CCCN1C)C(=O)O. The van der Waals surface area contributed by atoms with E-state index in [4.69, 9.17) is 11.5 Å². The number of likely N-dealkylation sites (tertiary alicyclic amines) is 1. The minimum atomic E-state index is -1.52. The van der Waals surface area contributed by atoms with Crippen molar-refractivity contribution in [3.63, 3.8) is 0 Å². The number of Topliss-reactive ketones (excluding diaryl/α,β-unsaturated/α-hetero) is 1. The number of carbonyl (C=O) groups is 5. The van der Waals surface area contributed by atoms with Crippen LogP contribution < -0.4 is 22.1 Å². The first kappa shape index (κ1) is 29.5. The fourth-order valence-electron chi connectivity index (χ4n) is 4.44. The number of primary amides is 1. The Morgan fingerprint density at radius 3 is 2.15 bits per heavy atom. The van der Waals surface area contributed by atoms with Gasteiger partial charge in [0, 0.05) is 12.5 Å². The molecule has 1 fully saturated rings. The smallest absolute Gasteiger partial charge is 0.326 e. The number of ketones is 1. The fourth-order valence-corrected chi connectivity index (χ4v) is 4.44. The Labute approximate surface area is 201 Å². The first-order valence-corrected chi connectivity index (χ1v) is 11.9. The molecule has 1 rings (SSSR count). The summed E-state index contributed by atoms with van der Waals surface area (Å²) in [6, 6.07) is -2.86. The number of amides is 3. The third kappa shape index (κ3) is 7.49. The first-order chi connectivity index (χ1) is 15.8. The minimum Gasteiger partial charge on any atom is -0.480 e. The number of hydrogen-bond acceptors (Lipinski definition) is 7. The highest BCUT2D eigenvalue weighted by molar-refractivity contribution is 6.12. The molecule has 34 heavy (non-hydrogen) atoms. The van der Waals surface area contributed by atoms with Crippen molar-refractivity contribution in [1.29, 1.82) is 0 Å². The van der Waals surface area contributed by atoms with Crippen LogP contribution in [0.1, 0.15) is 66.2 Å². The van der Waals surface area contributed by atoms with Crippen molar-refractivity contribution in [2.24, 2.45) is 23.3 Å². The molecule has 11 heteroatoms. The summed E-state index contributed by atoms with van der Waals surface area (Å²) in [5, 5.41) is 14.9. The summed E-state index contributed by atoms with van der Waals surface area (Å²) in [4.78, 5) is 64.0. The first-order valence-electron chi connectivity index (χ1n) is 11.9. The zero-order valence-corrected chi connectivity index (χ0v) is 20.9. The van der Waals surface area contributed by atoms with Crippen LogP contribution in [0.15, 0.2) is 0 Å². The van der Waals surface area contributed by atoms with Gasteiger partial charge in [-0.25, -0.2) is 4.79 Å². The number of nitrogens with one attached hydrogen (secondary N) is 2. The lowest BCUT2D eigenvalue weighted by Crippen LogP contribution is -2.63. The summed E-state index contributed by atoms with van der Waals surface area (Å²) in [7, 11) is 1.67. The van der Waals surface area contributed by atoms with E-state index in [1.807, 2.05) is 20.8 Å². The van der Waals surface area contributed by atoms with Crippen molar-refractivity contribution in [3.8, 4) is 0 Å². The quantitative estimate of drug-likeness (QED) is 0.209. The number of carboxylic acid groups (broad SMARTS) is 1. The molecule has 1 saturated heterocycles. The molecule has 0 aromatic carbocycles. The highest BCUT2D eigenvalue weighted by Crippen LogP contribution is 2.32. The highest BCUT2D eigenvalue weighted by Gasteiger charge is 2.52. The predicted molar refractivity (Wildman–Crippen MR) is 126 cm³/mol. The maximum atomic E-state index is 13.6. The summed E-state index contributed by atoms with van der Waals surface area (Å²) in [5.74, 6) is -3.69. The highest BCUT2D eigenvalue weighted by atomic mass is 16.4. The van der Waals surface area contributed by atoms with E-state index < -0.39 is 53.1 Å². The summed E-state index contributed by atoms with van der Waals surface area (Å²) in [6.07, 6.45) is 1.39. The van der Waals surface area contributed by atoms with E-state index in [-0.39, 0.29) is 31.1 Å². The van der Waals surface area contributed by atoms with Crippen LogP contribution in [-0.4, -0.2) is 76.7 Å². The van der Waals surface area contributed by atoms with Crippen molar-refractivity contribution in [2.45, 2.75) is 89.9 Å². The number of likely N-dealkylation sites (N-methyl/N-ethyl adjacent to an activating group) is 1. The van der Waals surface area contributed by atoms with Crippen LogP contribution in [-0.2, 0) is 24.0 Å². The molecule has 0 radical (unpaired) electrons. The van der Waals surface area contributed by atoms with Gasteiger partial charge in [-0.15, -0.1) is 0 Å². The Bertz CT molecular complexity index is 773. The summed E-state index contributed by atoms with van der Waals surface area (Å²) in [5.41, 5.74) is 9.35. The lowest BCUT2D eigenvalue weighted by atomic mass is 9.84. The fraction of sp³-hybridized carbons (Fsp3) is 0.783. The van der Waals surface area contributed by atoms with Crippen LogP contribution in [0.4, 0.5) is 0 Å². The number of carbonyl (C=O) groups excluding carboxylic acids is 4. The molecule has 1 aliphatic rings. The zero-order chi connectivity index (χ0) is 26.2. The van der Waals surface area contributed by atoms with Crippen LogP contribution in [0.25, 0.3) is 0 Å². The third-order valence-electron chi connectivity index (χ3n) is 6.58. The monoisotopic (exact) mass is 483 g/mol. The van der Waals surface area contributed by atoms with Gasteiger partial charge in [0.1, 0.15) is 6.04 Å². The van der Waals surface area contributed by atoms with Gasteiger partial charge in [-0.3, -0.25) is 24.1 Å². The van der Waals surface area contributed by atoms with Crippen LogP contribution in [0, 0.1) is 11.8 Å². The molecular formula is C23H41N5O6. The second kappa shape index (κ2) is 12.8. The molecule has 0 aromatic rings. The number of carboxylic acids is 1. The number of rotatable bonds is 14. The Hall–Kier alpha value is -2.53. The van der Waals surface area contributed by atoms with Gasteiger partial charge < -0.3 is 27.2 Å². The van der Waals surface area contributed by atoms with E-state index in [1.54, 1.807) is 18.9 Å². The second-order valence-electron chi connectivity index (χ2n) is 9.80. The normalized spacial score (nSPS) is 22.0. The van der Waals surface area contributed by atoms with Gasteiger partial charge in [0.05, 0.1) is 12.5 Å². The summed E-state index contributed by atoms with van der Waals surface area (Å²) in [6.45, 7) is 7.93. The third-order valence-corrected chi connectivity index (χ3v) is 6.58. The average molecular weight is 484 g/mol. The summed E-state index contributed by atoms with van der Waals surface area (Å²) < 4.78 is 0. The maximum Gasteiger partial charge on any atom is 0.326 e. The molecule has 1 aliphatic heterocycles. The lowest BCUT2D eigenvalue weighted by molar-refractivity contribution is -0.149. The Balaban J connectivity index is 3.15. The van der Waals surface area contributed by atoms with Crippen molar-refractivity contribution in [1.82, 2.24) is 15.5 Å². The Morgan fingerprint density at radius 1 is 1.09 bits per heavy atom. The molecule has 0 aromatic heterocycles. The Kier molecular flexibility index (Phi) is 11.1. The molecule has 194 valence electrons. The standard InChI is InChI=1S/C23H41N5O6/c1-6-14(4)19(21(32)33)27-22(34)23(8-7-9-28(23)5)17(29)11-15(10-13(2)3)26-20(31)16(24)12-18(25)30/h13-16,19H,6-12,24H2,1-5H3,(H2,25,30)(H,26,31)(H,27,34)(H,32,33)/t14-,15?,16-,19-,23+/m0/s1. The van der Waals surface area contributed by atoms with Gasteiger partial charge in [0.25, 0.3) is 0 Å². The van der Waals surface area contributed by atoms with Crippen LogP contribution >= 0.6 is 0 Å². The van der Waals surface area contributed by atoms with Gasteiger partial charge in [-0.05, 0) is 44.7 Å². The van der Waals surface area contributed by atoms with Crippen molar-refractivity contribution in [2.75, 3.05) is 13.6 Å². The van der Waals surface area contributed by atoms with E-state index in [0.717, 1.165) is 0 Å². The Morgan fingerprint density at radius 2 is 1.71 bits per heavy atom. The zero-order valence-electron chi connectivity index (χ0n) is 20.9. The molecule has 1 heterocycles. The minimum absolute atomic E-state index is 0.123. The molecule has 0 spiro atoms. The average Bonchev–Trinajstić information content (AvgIpc) is 3.12. The molecule has 7 N–H and O–H groups in total. The molecule has 0 saturated carbocycles. The van der Waals surface area contributed by atoms with E-state index >= 15 is 0 Å². The number of nitrogens with zero attached hydrogens (tertiary/aromatic N) is 1. The van der Waals surface area contributed by atoms with Crippen molar-refractivity contribution >= 4 is 29.5 Å². The van der Waals surface area contributed by atoms with Crippen molar-refractivity contribution < 1.29 is 29.1 Å². The van der Waals surface area contributed by atoms with E-state index in [1.165, 1.54) is 0 Å². The number of hydrogen-bond donors (Lipinski definition) is 5. The van der Waals surface area contributed by atoms with Gasteiger partial charge in [-0.2, -0.15) is 0 Å². The maximum absolute atomic E-state index is 13.6. The molecule has 5 atom stereocenters. The van der Waals surface area contributed by atoms with Crippen LogP contribution in [0.5, 0.6) is 0 Å². The second-order valence-corrected chi connectivity index (χ2v) is 9.80. The van der Waals surface area contributed by atoms with Gasteiger partial charge in [0.15, 0.2) is 11.3 Å². The molecule has 1 unspecified atom stereocenters. The van der Waals surface area contributed by atoms with Gasteiger partial charge >= 0.3 is 5.97 Å². The molecular weight excluding hydrogens is 442 g/mol. The molecule has 0 bridgehead atoms. The lowest BCUT2D eigenvalue weighted by Gasteiger charge is -2.36. The molecule has 11 nitrogen and oxygen atoms in total. The predicted octanol–water partition coefficient (Wildman–Crippen LogP) is -0.241. The van der Waals surface area contributed by atoms with E-state index in [2.05, 4.69) is 10.6 Å². The van der Waals surface area contributed by atoms with Crippen molar-refractivity contribution in [3.05, 3.63) is 0 Å². The molecule has 3 amide bonds. The van der Waals surface area contributed by atoms with Crippen LogP contribution in [0.2, 0.25) is 0 Å². The largest absolute Gasteiger partial charge is 0.480 e. The number of nitrogens with two attached hydrogens (primary N) is 2. The topological polar surface area (TPSA) is 185 Å². The molecule has 0 aliphatic carbocycles. The van der Waals surface area contributed by atoms with Crippen LogP contribution in [0.3, 0.4) is 0 Å². The number of aliphatic carboxylic acids is 1. The summed E-state index contributed by atoms with van der Waals surface area (Å²) >= 11 is 0.